The largest absolute Gasteiger partial charge is 0.317 e. The molecule has 0 aliphatic carbocycles. The van der Waals surface area contributed by atoms with E-state index in [9.17, 15) is 0 Å². The van der Waals surface area contributed by atoms with Crippen molar-refractivity contribution in [3.63, 3.8) is 0 Å². The van der Waals surface area contributed by atoms with E-state index >= 15 is 0 Å². The van der Waals surface area contributed by atoms with Crippen LogP contribution in [0.15, 0.2) is 24.3 Å². The van der Waals surface area contributed by atoms with Crippen LogP contribution in [0.25, 0.3) is 0 Å². The van der Waals surface area contributed by atoms with Gasteiger partial charge in [0.25, 0.3) is 0 Å². The molecule has 0 radical (unpaired) electrons. The van der Waals surface area contributed by atoms with Gasteiger partial charge in [-0.05, 0) is 38.3 Å². The van der Waals surface area contributed by atoms with Crippen LogP contribution in [0.2, 0.25) is 0 Å². The molecule has 1 unspecified atom stereocenters. The number of rotatable bonds is 7. The lowest BCUT2D eigenvalue weighted by Gasteiger charge is -2.24. The number of benzene rings is 1. The lowest BCUT2D eigenvalue weighted by molar-refractivity contribution is 0.334. The standard InChI is InChI=1S/C16H27N/c1-5-15(6-2)16(17-4)12-11-14-9-7-13(3)8-10-14/h7-10,15-17H,5-6,11-12H2,1-4H3. The minimum atomic E-state index is 0.659. The van der Waals surface area contributed by atoms with Crippen molar-refractivity contribution in [1.29, 1.82) is 0 Å². The van der Waals surface area contributed by atoms with Gasteiger partial charge in [0.2, 0.25) is 0 Å². The molecule has 0 aliphatic rings. The van der Waals surface area contributed by atoms with Gasteiger partial charge in [0.15, 0.2) is 0 Å². The Labute approximate surface area is 107 Å². The van der Waals surface area contributed by atoms with Gasteiger partial charge in [0.1, 0.15) is 0 Å². The maximum Gasteiger partial charge on any atom is 0.00952 e. The second-order valence-electron chi connectivity index (χ2n) is 5.00. The minimum absolute atomic E-state index is 0.659. The fraction of sp³-hybridized carbons (Fsp3) is 0.625. The van der Waals surface area contributed by atoms with Crippen molar-refractivity contribution in [2.24, 2.45) is 5.92 Å². The summed E-state index contributed by atoms with van der Waals surface area (Å²) in [6, 6.07) is 9.59. The van der Waals surface area contributed by atoms with Crippen molar-refractivity contribution in [3.05, 3.63) is 35.4 Å². The highest BCUT2D eigenvalue weighted by Crippen LogP contribution is 2.18. The molecule has 1 atom stereocenters. The number of nitrogens with one attached hydrogen (secondary N) is 1. The molecule has 1 nitrogen and oxygen atoms in total. The van der Waals surface area contributed by atoms with Crippen LogP contribution in [0.4, 0.5) is 0 Å². The van der Waals surface area contributed by atoms with Crippen molar-refractivity contribution in [2.45, 2.75) is 52.5 Å². The van der Waals surface area contributed by atoms with Gasteiger partial charge in [-0.15, -0.1) is 0 Å². The summed E-state index contributed by atoms with van der Waals surface area (Å²) >= 11 is 0. The lowest BCUT2D eigenvalue weighted by atomic mass is 9.90. The fourth-order valence-corrected chi connectivity index (χ4v) is 2.55. The Morgan fingerprint density at radius 1 is 1.06 bits per heavy atom. The Morgan fingerprint density at radius 3 is 2.12 bits per heavy atom. The van der Waals surface area contributed by atoms with Crippen LogP contribution in [0, 0.1) is 12.8 Å². The molecule has 1 aromatic carbocycles. The minimum Gasteiger partial charge on any atom is -0.317 e. The molecule has 1 rings (SSSR count). The highest BCUT2D eigenvalue weighted by molar-refractivity contribution is 5.21. The summed E-state index contributed by atoms with van der Waals surface area (Å²) in [6.45, 7) is 6.74. The zero-order valence-corrected chi connectivity index (χ0v) is 11.8. The molecule has 96 valence electrons. The highest BCUT2D eigenvalue weighted by Gasteiger charge is 2.15. The van der Waals surface area contributed by atoms with Crippen molar-refractivity contribution >= 4 is 0 Å². The molecule has 1 heteroatoms. The topological polar surface area (TPSA) is 12.0 Å². The van der Waals surface area contributed by atoms with Crippen LogP contribution in [-0.2, 0) is 6.42 Å². The van der Waals surface area contributed by atoms with E-state index < -0.39 is 0 Å². The third-order valence-corrected chi connectivity index (χ3v) is 3.85. The Hall–Kier alpha value is -0.820. The van der Waals surface area contributed by atoms with Gasteiger partial charge in [0.05, 0.1) is 0 Å². The second kappa shape index (κ2) is 7.50. The average molecular weight is 233 g/mol. The Bertz CT molecular complexity index is 298. The normalized spacial score (nSPS) is 13.0. The lowest BCUT2D eigenvalue weighted by Crippen LogP contribution is -2.33. The highest BCUT2D eigenvalue weighted by atomic mass is 14.9. The zero-order valence-electron chi connectivity index (χ0n) is 11.8. The Morgan fingerprint density at radius 2 is 1.65 bits per heavy atom. The van der Waals surface area contributed by atoms with Crippen molar-refractivity contribution < 1.29 is 0 Å². The summed E-state index contributed by atoms with van der Waals surface area (Å²) in [4.78, 5) is 0. The van der Waals surface area contributed by atoms with Crippen LogP contribution >= 0.6 is 0 Å². The van der Waals surface area contributed by atoms with Crippen LogP contribution < -0.4 is 5.32 Å². The molecule has 0 aromatic heterocycles. The van der Waals surface area contributed by atoms with E-state index in [2.05, 4.69) is 57.4 Å². The summed E-state index contributed by atoms with van der Waals surface area (Å²) in [7, 11) is 2.10. The molecule has 1 aromatic rings. The van der Waals surface area contributed by atoms with E-state index in [1.54, 1.807) is 0 Å². The van der Waals surface area contributed by atoms with Crippen LogP contribution in [0.5, 0.6) is 0 Å². The smallest absolute Gasteiger partial charge is 0.00952 e. The molecular formula is C16H27N. The molecule has 0 bridgehead atoms. The van der Waals surface area contributed by atoms with Crippen molar-refractivity contribution in [1.82, 2.24) is 5.32 Å². The molecule has 0 fully saturated rings. The first kappa shape index (κ1) is 14.2. The Kier molecular flexibility index (Phi) is 6.28. The number of hydrogen-bond acceptors (Lipinski definition) is 1. The van der Waals surface area contributed by atoms with E-state index in [-0.39, 0.29) is 0 Å². The molecular weight excluding hydrogens is 206 g/mol. The average Bonchev–Trinajstić information content (AvgIpc) is 2.36. The summed E-state index contributed by atoms with van der Waals surface area (Å²) in [5.74, 6) is 0.811. The predicted molar refractivity (Wildman–Crippen MR) is 76.4 cm³/mol. The molecule has 0 saturated carbocycles. The van der Waals surface area contributed by atoms with Crippen molar-refractivity contribution in [3.8, 4) is 0 Å². The van der Waals surface area contributed by atoms with Gasteiger partial charge in [-0.2, -0.15) is 0 Å². The molecule has 0 heterocycles. The van der Waals surface area contributed by atoms with E-state index in [0.717, 1.165) is 5.92 Å². The van der Waals surface area contributed by atoms with Gasteiger partial charge < -0.3 is 5.32 Å². The molecule has 0 spiro atoms. The third-order valence-electron chi connectivity index (χ3n) is 3.85. The zero-order chi connectivity index (χ0) is 12.7. The maximum absolute atomic E-state index is 3.49. The molecule has 0 aliphatic heterocycles. The maximum atomic E-state index is 3.49. The van der Waals surface area contributed by atoms with E-state index in [4.69, 9.17) is 0 Å². The van der Waals surface area contributed by atoms with E-state index in [0.29, 0.717) is 6.04 Å². The fourth-order valence-electron chi connectivity index (χ4n) is 2.55. The molecule has 0 amide bonds. The molecule has 0 saturated heterocycles. The SMILES string of the molecule is CCC(CC)C(CCc1ccc(C)cc1)NC. The van der Waals surface area contributed by atoms with Crippen molar-refractivity contribution in [2.75, 3.05) is 7.05 Å². The first-order valence-electron chi connectivity index (χ1n) is 6.94. The molecule has 1 N–H and O–H groups in total. The number of hydrogen-bond donors (Lipinski definition) is 1. The molecule has 17 heavy (non-hydrogen) atoms. The van der Waals surface area contributed by atoms with Gasteiger partial charge in [0, 0.05) is 6.04 Å². The summed E-state index contributed by atoms with van der Waals surface area (Å²) in [5.41, 5.74) is 2.81. The second-order valence-corrected chi connectivity index (χ2v) is 5.00. The van der Waals surface area contributed by atoms with Gasteiger partial charge in [-0.25, -0.2) is 0 Å². The summed E-state index contributed by atoms with van der Waals surface area (Å²) < 4.78 is 0. The summed E-state index contributed by atoms with van der Waals surface area (Å²) in [6.07, 6.45) is 4.97. The monoisotopic (exact) mass is 233 g/mol. The predicted octanol–water partition coefficient (Wildman–Crippen LogP) is 3.95. The number of aryl methyl sites for hydroxylation is 2. The van der Waals surface area contributed by atoms with E-state index in [1.165, 1.54) is 36.8 Å². The quantitative estimate of drug-likeness (QED) is 0.752. The van der Waals surface area contributed by atoms with Crippen LogP contribution in [0.3, 0.4) is 0 Å². The van der Waals surface area contributed by atoms with Crippen LogP contribution in [0.1, 0.15) is 44.2 Å². The first-order chi connectivity index (χ1) is 8.21. The first-order valence-corrected chi connectivity index (χ1v) is 6.94. The Balaban J connectivity index is 2.49. The summed E-state index contributed by atoms with van der Waals surface area (Å²) in [5, 5.41) is 3.49. The third kappa shape index (κ3) is 4.51. The van der Waals surface area contributed by atoms with Crippen LogP contribution in [-0.4, -0.2) is 13.1 Å². The van der Waals surface area contributed by atoms with Gasteiger partial charge in [-0.1, -0.05) is 56.5 Å². The van der Waals surface area contributed by atoms with Gasteiger partial charge in [-0.3, -0.25) is 0 Å². The van der Waals surface area contributed by atoms with Gasteiger partial charge >= 0.3 is 0 Å². The van der Waals surface area contributed by atoms with E-state index in [1.807, 2.05) is 0 Å².